The van der Waals surface area contributed by atoms with Crippen molar-refractivity contribution in [2.24, 2.45) is 0 Å². The molecule has 2 aromatic heterocycles. The number of carbonyl (C=O) groups excluding carboxylic acids is 1. The molecule has 116 valence electrons. The standard InChI is InChI=1S/C19H12N2O2S/c20-10-13-7-8-24-19(13)21-17(22)9-14-11-23-16-6-5-12-3-1-2-4-15(12)18(14)16/h1-8,11H,9H2,(H,21,22). The maximum atomic E-state index is 12.4. The summed E-state index contributed by atoms with van der Waals surface area (Å²) in [5, 5.41) is 17.4. The molecule has 0 atom stereocenters. The third-order valence-electron chi connectivity index (χ3n) is 3.93. The van der Waals surface area contributed by atoms with E-state index in [2.05, 4.69) is 11.4 Å². The molecule has 0 aliphatic carbocycles. The summed E-state index contributed by atoms with van der Waals surface area (Å²) >= 11 is 1.34. The number of rotatable bonds is 3. The van der Waals surface area contributed by atoms with Gasteiger partial charge in [0.1, 0.15) is 16.7 Å². The van der Waals surface area contributed by atoms with E-state index in [0.717, 1.165) is 27.3 Å². The molecule has 1 N–H and O–H groups in total. The average Bonchev–Trinajstić information content (AvgIpc) is 3.21. The van der Waals surface area contributed by atoms with Gasteiger partial charge in [-0.15, -0.1) is 11.3 Å². The van der Waals surface area contributed by atoms with E-state index in [4.69, 9.17) is 9.68 Å². The first-order valence-corrected chi connectivity index (χ1v) is 8.29. The van der Waals surface area contributed by atoms with Crippen molar-refractivity contribution in [1.82, 2.24) is 0 Å². The zero-order valence-electron chi connectivity index (χ0n) is 12.6. The third kappa shape index (κ3) is 2.43. The van der Waals surface area contributed by atoms with Gasteiger partial charge < -0.3 is 9.73 Å². The van der Waals surface area contributed by atoms with E-state index < -0.39 is 0 Å². The molecule has 0 aliphatic rings. The van der Waals surface area contributed by atoms with Crippen molar-refractivity contribution in [2.45, 2.75) is 6.42 Å². The number of fused-ring (bicyclic) bond motifs is 3. The van der Waals surface area contributed by atoms with Crippen LogP contribution in [0.1, 0.15) is 11.1 Å². The summed E-state index contributed by atoms with van der Waals surface area (Å²) in [7, 11) is 0. The van der Waals surface area contributed by atoms with Gasteiger partial charge in [-0.25, -0.2) is 0 Å². The zero-order valence-corrected chi connectivity index (χ0v) is 13.4. The Labute approximate surface area is 141 Å². The molecule has 0 spiro atoms. The summed E-state index contributed by atoms with van der Waals surface area (Å²) < 4.78 is 5.61. The van der Waals surface area contributed by atoms with E-state index in [1.807, 2.05) is 36.4 Å². The van der Waals surface area contributed by atoms with Crippen LogP contribution >= 0.6 is 11.3 Å². The Morgan fingerprint density at radius 1 is 1.21 bits per heavy atom. The number of nitrogens with one attached hydrogen (secondary N) is 1. The minimum atomic E-state index is -0.162. The van der Waals surface area contributed by atoms with Crippen molar-refractivity contribution in [2.75, 3.05) is 5.32 Å². The van der Waals surface area contributed by atoms with E-state index >= 15 is 0 Å². The molecule has 4 rings (SSSR count). The second kappa shape index (κ2) is 5.84. The molecule has 0 fully saturated rings. The molecule has 2 heterocycles. The number of thiophene rings is 1. The van der Waals surface area contributed by atoms with Crippen LogP contribution in [0.2, 0.25) is 0 Å². The summed E-state index contributed by atoms with van der Waals surface area (Å²) in [6.07, 6.45) is 1.83. The molecular formula is C19H12N2O2S. The minimum absolute atomic E-state index is 0.162. The minimum Gasteiger partial charge on any atom is -0.464 e. The van der Waals surface area contributed by atoms with Crippen LogP contribution in [0.25, 0.3) is 21.7 Å². The van der Waals surface area contributed by atoms with E-state index in [9.17, 15) is 4.79 Å². The monoisotopic (exact) mass is 332 g/mol. The first kappa shape index (κ1) is 14.5. The van der Waals surface area contributed by atoms with Crippen LogP contribution in [-0.4, -0.2) is 5.91 Å². The summed E-state index contributed by atoms with van der Waals surface area (Å²) in [5.74, 6) is -0.162. The van der Waals surface area contributed by atoms with Gasteiger partial charge in [-0.2, -0.15) is 5.26 Å². The van der Waals surface area contributed by atoms with Gasteiger partial charge >= 0.3 is 0 Å². The van der Waals surface area contributed by atoms with Gasteiger partial charge in [0.05, 0.1) is 18.2 Å². The van der Waals surface area contributed by atoms with Gasteiger partial charge in [-0.05, 0) is 28.3 Å². The van der Waals surface area contributed by atoms with Crippen molar-refractivity contribution < 1.29 is 9.21 Å². The lowest BCUT2D eigenvalue weighted by molar-refractivity contribution is -0.115. The molecule has 1 amide bonds. The molecule has 4 aromatic rings. The number of furan rings is 1. The first-order valence-electron chi connectivity index (χ1n) is 7.41. The van der Waals surface area contributed by atoms with Gasteiger partial charge in [-0.1, -0.05) is 30.3 Å². The van der Waals surface area contributed by atoms with E-state index in [1.54, 1.807) is 17.7 Å². The van der Waals surface area contributed by atoms with E-state index in [-0.39, 0.29) is 12.3 Å². The number of benzene rings is 2. The molecule has 0 aliphatic heterocycles. The van der Waals surface area contributed by atoms with Gasteiger partial charge in [0.25, 0.3) is 0 Å². The molecule has 0 unspecified atom stereocenters. The maximum absolute atomic E-state index is 12.4. The number of anilines is 1. The molecule has 0 saturated carbocycles. The van der Waals surface area contributed by atoms with Gasteiger partial charge in [-0.3, -0.25) is 4.79 Å². The number of amides is 1. The number of hydrogen-bond donors (Lipinski definition) is 1. The Balaban J connectivity index is 1.69. The predicted octanol–water partition coefficient (Wildman–Crippen LogP) is 4.70. The lowest BCUT2D eigenvalue weighted by atomic mass is 10.0. The van der Waals surface area contributed by atoms with Crippen LogP contribution in [0.15, 0.2) is 58.5 Å². The van der Waals surface area contributed by atoms with E-state index in [1.165, 1.54) is 11.3 Å². The average molecular weight is 332 g/mol. The molecular weight excluding hydrogens is 320 g/mol. The Bertz CT molecular complexity index is 1100. The highest BCUT2D eigenvalue weighted by atomic mass is 32.1. The van der Waals surface area contributed by atoms with Gasteiger partial charge in [0.15, 0.2) is 0 Å². The molecule has 0 radical (unpaired) electrons. The van der Waals surface area contributed by atoms with Gasteiger partial charge in [0, 0.05) is 10.9 Å². The largest absolute Gasteiger partial charge is 0.464 e. The zero-order chi connectivity index (χ0) is 16.5. The highest BCUT2D eigenvalue weighted by Gasteiger charge is 2.14. The lowest BCUT2D eigenvalue weighted by Crippen LogP contribution is -2.13. The van der Waals surface area contributed by atoms with Crippen molar-refractivity contribution in [3.05, 3.63) is 65.2 Å². The van der Waals surface area contributed by atoms with E-state index in [0.29, 0.717) is 10.6 Å². The second-order valence-corrected chi connectivity index (χ2v) is 6.34. The smallest absolute Gasteiger partial charge is 0.229 e. The number of nitrogens with zero attached hydrogens (tertiary/aromatic N) is 1. The highest BCUT2D eigenvalue weighted by molar-refractivity contribution is 7.14. The lowest BCUT2D eigenvalue weighted by Gasteiger charge is -2.04. The molecule has 24 heavy (non-hydrogen) atoms. The fourth-order valence-electron chi connectivity index (χ4n) is 2.84. The Kier molecular flexibility index (Phi) is 3.52. The molecule has 2 aromatic carbocycles. The third-order valence-corrected chi connectivity index (χ3v) is 4.76. The maximum Gasteiger partial charge on any atom is 0.229 e. The molecule has 4 nitrogen and oxygen atoms in total. The van der Waals surface area contributed by atoms with Crippen LogP contribution < -0.4 is 5.32 Å². The van der Waals surface area contributed by atoms with Crippen LogP contribution in [0.5, 0.6) is 0 Å². The fourth-order valence-corrected chi connectivity index (χ4v) is 3.60. The number of nitriles is 1. The molecule has 0 bridgehead atoms. The SMILES string of the molecule is N#Cc1ccsc1NC(=O)Cc1coc2ccc3ccccc3c12. The Morgan fingerprint density at radius 2 is 2.08 bits per heavy atom. The van der Waals surface area contributed by atoms with Crippen molar-refractivity contribution >= 4 is 44.0 Å². The van der Waals surface area contributed by atoms with Crippen molar-refractivity contribution in [3.8, 4) is 6.07 Å². The number of carbonyl (C=O) groups is 1. The quantitative estimate of drug-likeness (QED) is 0.591. The summed E-state index contributed by atoms with van der Waals surface area (Å²) in [5.41, 5.74) is 2.09. The molecule has 0 saturated heterocycles. The fraction of sp³-hybridized carbons (Fsp3) is 0.0526. The second-order valence-electron chi connectivity index (χ2n) is 5.42. The Morgan fingerprint density at radius 3 is 2.96 bits per heavy atom. The summed E-state index contributed by atoms with van der Waals surface area (Å²) in [6, 6.07) is 15.7. The van der Waals surface area contributed by atoms with Crippen LogP contribution in [-0.2, 0) is 11.2 Å². The number of hydrogen-bond acceptors (Lipinski definition) is 4. The normalized spacial score (nSPS) is 10.8. The van der Waals surface area contributed by atoms with Crippen LogP contribution in [0, 0.1) is 11.3 Å². The van der Waals surface area contributed by atoms with Crippen LogP contribution in [0.3, 0.4) is 0 Å². The summed E-state index contributed by atoms with van der Waals surface area (Å²) in [6.45, 7) is 0. The van der Waals surface area contributed by atoms with Crippen LogP contribution in [0.4, 0.5) is 5.00 Å². The molecule has 5 heteroatoms. The first-order chi connectivity index (χ1) is 11.8. The van der Waals surface area contributed by atoms with Gasteiger partial charge in [0.2, 0.25) is 5.91 Å². The van der Waals surface area contributed by atoms with Crippen molar-refractivity contribution in [1.29, 1.82) is 5.26 Å². The predicted molar refractivity (Wildman–Crippen MR) is 95.1 cm³/mol. The highest BCUT2D eigenvalue weighted by Crippen LogP contribution is 2.30. The topological polar surface area (TPSA) is 66.0 Å². The summed E-state index contributed by atoms with van der Waals surface area (Å²) in [4.78, 5) is 12.4. The Hall–Kier alpha value is -3.10. The van der Waals surface area contributed by atoms with Crippen molar-refractivity contribution in [3.63, 3.8) is 0 Å².